The third-order valence-electron chi connectivity index (χ3n) is 4.82. The monoisotopic (exact) mass is 302 g/mol. The van der Waals surface area contributed by atoms with E-state index in [1.807, 2.05) is 6.07 Å². The second-order valence-corrected chi connectivity index (χ2v) is 6.45. The lowest BCUT2D eigenvalue weighted by molar-refractivity contribution is -0.139. The predicted octanol–water partition coefficient (Wildman–Crippen LogP) is 3.24. The summed E-state index contributed by atoms with van der Waals surface area (Å²) >= 11 is 0. The van der Waals surface area contributed by atoms with Crippen LogP contribution in [-0.2, 0) is 11.2 Å². The molecule has 0 bridgehead atoms. The Balaban J connectivity index is 2.05. The Labute approximate surface area is 135 Å². The highest BCUT2D eigenvalue weighted by Gasteiger charge is 2.30. The topological polar surface area (TPSA) is 32.3 Å². The number of hydrogen-bond acceptors (Lipinski definition) is 2. The van der Waals surface area contributed by atoms with E-state index in [1.54, 1.807) is 0 Å². The molecule has 0 saturated carbocycles. The first-order valence-corrected chi connectivity index (χ1v) is 8.73. The van der Waals surface area contributed by atoms with Gasteiger partial charge in [0.05, 0.1) is 0 Å². The Kier molecular flexibility index (Phi) is 6.44. The second-order valence-electron chi connectivity index (χ2n) is 6.45. The van der Waals surface area contributed by atoms with Gasteiger partial charge in [-0.2, -0.15) is 0 Å². The van der Waals surface area contributed by atoms with Crippen molar-refractivity contribution in [3.8, 4) is 0 Å². The Bertz CT molecular complexity index is 460. The Morgan fingerprint density at radius 2 is 2.05 bits per heavy atom. The van der Waals surface area contributed by atoms with E-state index in [1.165, 1.54) is 5.56 Å². The fourth-order valence-corrected chi connectivity index (χ4v) is 3.55. The number of amides is 1. The summed E-state index contributed by atoms with van der Waals surface area (Å²) in [6.07, 6.45) is 3.91. The van der Waals surface area contributed by atoms with Crippen molar-refractivity contribution in [1.82, 2.24) is 10.2 Å². The smallest absolute Gasteiger partial charge is 0.226 e. The molecule has 1 fully saturated rings. The molecule has 3 nitrogen and oxygen atoms in total. The molecular weight excluding hydrogens is 272 g/mol. The number of likely N-dealkylation sites (N-methyl/N-ethyl adjacent to an activating group) is 1. The molecule has 0 aliphatic carbocycles. The lowest BCUT2D eigenvalue weighted by Crippen LogP contribution is -2.48. The number of rotatable bonds is 6. The first kappa shape index (κ1) is 17.0. The molecule has 3 heteroatoms. The molecule has 0 radical (unpaired) electrons. The summed E-state index contributed by atoms with van der Waals surface area (Å²) in [7, 11) is 0. The number of carbonyl (C=O) groups is 1. The Morgan fingerprint density at radius 3 is 2.64 bits per heavy atom. The average molecular weight is 302 g/mol. The number of piperidine rings is 1. The molecule has 1 saturated heterocycles. The van der Waals surface area contributed by atoms with Crippen molar-refractivity contribution >= 4 is 5.91 Å². The van der Waals surface area contributed by atoms with Gasteiger partial charge in [-0.15, -0.1) is 0 Å². The predicted molar refractivity (Wildman–Crippen MR) is 91.8 cm³/mol. The number of benzene rings is 1. The molecule has 1 heterocycles. The van der Waals surface area contributed by atoms with E-state index < -0.39 is 0 Å². The molecule has 2 rings (SSSR count). The van der Waals surface area contributed by atoms with Crippen LogP contribution in [0.1, 0.15) is 45.6 Å². The van der Waals surface area contributed by atoms with E-state index >= 15 is 0 Å². The SMILES string of the molecule is CCC(Cc1ccccc1)N(CC)C(=O)[C@H]1CCN[C@@H](C)C1. The van der Waals surface area contributed by atoms with Gasteiger partial charge in [-0.3, -0.25) is 4.79 Å². The average Bonchev–Trinajstić information content (AvgIpc) is 2.55. The summed E-state index contributed by atoms with van der Waals surface area (Å²) in [4.78, 5) is 15.1. The first-order valence-electron chi connectivity index (χ1n) is 8.73. The minimum Gasteiger partial charge on any atom is -0.339 e. The van der Waals surface area contributed by atoms with E-state index in [4.69, 9.17) is 0 Å². The highest BCUT2D eigenvalue weighted by molar-refractivity contribution is 5.79. The molecule has 0 spiro atoms. The van der Waals surface area contributed by atoms with Crippen LogP contribution in [0.2, 0.25) is 0 Å². The van der Waals surface area contributed by atoms with Gasteiger partial charge >= 0.3 is 0 Å². The van der Waals surface area contributed by atoms with Gasteiger partial charge in [0, 0.05) is 24.5 Å². The van der Waals surface area contributed by atoms with Crippen molar-refractivity contribution in [2.75, 3.05) is 13.1 Å². The van der Waals surface area contributed by atoms with E-state index in [0.717, 1.165) is 38.8 Å². The minimum atomic E-state index is 0.195. The summed E-state index contributed by atoms with van der Waals surface area (Å²) in [5.41, 5.74) is 1.32. The molecule has 1 aromatic carbocycles. The number of nitrogens with one attached hydrogen (secondary N) is 1. The van der Waals surface area contributed by atoms with Crippen LogP contribution in [0.5, 0.6) is 0 Å². The summed E-state index contributed by atoms with van der Waals surface area (Å²) in [5.74, 6) is 0.555. The zero-order chi connectivity index (χ0) is 15.9. The summed E-state index contributed by atoms with van der Waals surface area (Å²) in [5, 5.41) is 3.44. The molecule has 1 aromatic rings. The van der Waals surface area contributed by atoms with Gasteiger partial charge in [0.25, 0.3) is 0 Å². The number of nitrogens with zero attached hydrogens (tertiary/aromatic N) is 1. The van der Waals surface area contributed by atoms with Crippen molar-refractivity contribution < 1.29 is 4.79 Å². The van der Waals surface area contributed by atoms with Gasteiger partial charge in [0.1, 0.15) is 0 Å². The van der Waals surface area contributed by atoms with Gasteiger partial charge in [-0.1, -0.05) is 37.3 Å². The van der Waals surface area contributed by atoms with Crippen molar-refractivity contribution in [1.29, 1.82) is 0 Å². The lowest BCUT2D eigenvalue weighted by atomic mass is 9.90. The normalized spacial score (nSPS) is 23.0. The maximum atomic E-state index is 13.0. The van der Waals surface area contributed by atoms with Crippen LogP contribution in [0.3, 0.4) is 0 Å². The molecule has 0 aromatic heterocycles. The van der Waals surface area contributed by atoms with Crippen LogP contribution in [0.15, 0.2) is 30.3 Å². The fourth-order valence-electron chi connectivity index (χ4n) is 3.55. The Morgan fingerprint density at radius 1 is 1.32 bits per heavy atom. The summed E-state index contributed by atoms with van der Waals surface area (Å²) in [6.45, 7) is 8.24. The minimum absolute atomic E-state index is 0.195. The van der Waals surface area contributed by atoms with Gasteiger partial charge in [0.15, 0.2) is 0 Å². The van der Waals surface area contributed by atoms with Crippen molar-refractivity contribution in [3.05, 3.63) is 35.9 Å². The zero-order valence-electron chi connectivity index (χ0n) is 14.2. The number of hydrogen-bond donors (Lipinski definition) is 1. The van der Waals surface area contributed by atoms with Crippen molar-refractivity contribution in [2.45, 2.75) is 58.5 Å². The first-order chi connectivity index (χ1) is 10.7. The maximum absolute atomic E-state index is 13.0. The van der Waals surface area contributed by atoms with E-state index in [-0.39, 0.29) is 5.92 Å². The molecular formula is C19H30N2O. The van der Waals surface area contributed by atoms with Crippen LogP contribution >= 0.6 is 0 Å². The van der Waals surface area contributed by atoms with E-state index in [2.05, 4.69) is 55.3 Å². The summed E-state index contributed by atoms with van der Waals surface area (Å²) < 4.78 is 0. The Hall–Kier alpha value is -1.35. The third kappa shape index (κ3) is 4.33. The standard InChI is InChI=1S/C19H30N2O/c1-4-18(14-16-9-7-6-8-10-16)21(5-2)19(22)17-11-12-20-15(3)13-17/h6-10,15,17-18,20H,4-5,11-14H2,1-3H3/t15-,17-,18?/m0/s1. The van der Waals surface area contributed by atoms with Crippen LogP contribution in [0.25, 0.3) is 0 Å². The van der Waals surface area contributed by atoms with Gasteiger partial charge in [-0.25, -0.2) is 0 Å². The maximum Gasteiger partial charge on any atom is 0.226 e. The van der Waals surface area contributed by atoms with Crippen LogP contribution in [0, 0.1) is 5.92 Å². The van der Waals surface area contributed by atoms with Gasteiger partial charge in [0.2, 0.25) is 5.91 Å². The van der Waals surface area contributed by atoms with Crippen molar-refractivity contribution in [2.24, 2.45) is 5.92 Å². The molecule has 122 valence electrons. The molecule has 1 aliphatic heterocycles. The largest absolute Gasteiger partial charge is 0.339 e. The second kappa shape index (κ2) is 8.33. The fraction of sp³-hybridized carbons (Fsp3) is 0.632. The van der Waals surface area contributed by atoms with Crippen molar-refractivity contribution in [3.63, 3.8) is 0 Å². The zero-order valence-corrected chi connectivity index (χ0v) is 14.2. The van der Waals surface area contributed by atoms with Gasteiger partial charge in [-0.05, 0) is 51.6 Å². The van der Waals surface area contributed by atoms with Crippen LogP contribution in [-0.4, -0.2) is 36.0 Å². The molecule has 3 atom stereocenters. The quantitative estimate of drug-likeness (QED) is 0.875. The molecule has 1 amide bonds. The van der Waals surface area contributed by atoms with E-state index in [0.29, 0.717) is 18.0 Å². The molecule has 1 aliphatic rings. The van der Waals surface area contributed by atoms with Crippen LogP contribution < -0.4 is 5.32 Å². The lowest BCUT2D eigenvalue weighted by Gasteiger charge is -2.36. The van der Waals surface area contributed by atoms with E-state index in [9.17, 15) is 4.79 Å². The summed E-state index contributed by atoms with van der Waals surface area (Å²) in [6, 6.07) is 11.3. The van der Waals surface area contributed by atoms with Crippen LogP contribution in [0.4, 0.5) is 0 Å². The highest BCUT2D eigenvalue weighted by Crippen LogP contribution is 2.22. The third-order valence-corrected chi connectivity index (χ3v) is 4.82. The molecule has 1 N–H and O–H groups in total. The highest BCUT2D eigenvalue weighted by atomic mass is 16.2. The molecule has 22 heavy (non-hydrogen) atoms. The van der Waals surface area contributed by atoms with Gasteiger partial charge < -0.3 is 10.2 Å². The molecule has 1 unspecified atom stereocenters. The number of carbonyl (C=O) groups excluding carboxylic acids is 1.